The SMILES string of the molecule is CC(CCNCCO)C1CCCCC1. The predicted octanol–water partition coefficient (Wildman–Crippen LogP) is 2.17. The van der Waals surface area contributed by atoms with Crippen LogP contribution in [-0.4, -0.2) is 24.8 Å². The van der Waals surface area contributed by atoms with E-state index in [1.807, 2.05) is 0 Å². The summed E-state index contributed by atoms with van der Waals surface area (Å²) >= 11 is 0. The molecule has 0 aromatic rings. The van der Waals surface area contributed by atoms with Gasteiger partial charge in [0.25, 0.3) is 0 Å². The second kappa shape index (κ2) is 7.24. The molecule has 0 bridgehead atoms. The molecule has 14 heavy (non-hydrogen) atoms. The number of rotatable bonds is 6. The summed E-state index contributed by atoms with van der Waals surface area (Å²) in [6, 6.07) is 0. The van der Waals surface area contributed by atoms with Crippen LogP contribution in [0.15, 0.2) is 0 Å². The van der Waals surface area contributed by atoms with E-state index in [2.05, 4.69) is 12.2 Å². The Bertz CT molecular complexity index is 132. The normalized spacial score (nSPS) is 21.0. The molecule has 2 heteroatoms. The summed E-state index contributed by atoms with van der Waals surface area (Å²) < 4.78 is 0. The van der Waals surface area contributed by atoms with E-state index in [-0.39, 0.29) is 6.61 Å². The van der Waals surface area contributed by atoms with Gasteiger partial charge < -0.3 is 10.4 Å². The minimum atomic E-state index is 0.262. The van der Waals surface area contributed by atoms with Gasteiger partial charge in [-0.15, -0.1) is 0 Å². The molecular weight excluding hydrogens is 174 g/mol. The van der Waals surface area contributed by atoms with Gasteiger partial charge in [-0.2, -0.15) is 0 Å². The van der Waals surface area contributed by atoms with Crippen molar-refractivity contribution in [3.8, 4) is 0 Å². The molecule has 0 aliphatic heterocycles. The maximum Gasteiger partial charge on any atom is 0.0555 e. The van der Waals surface area contributed by atoms with Crippen LogP contribution in [0, 0.1) is 11.8 Å². The summed E-state index contributed by atoms with van der Waals surface area (Å²) in [7, 11) is 0. The molecule has 0 heterocycles. The zero-order valence-electron chi connectivity index (χ0n) is 9.47. The smallest absolute Gasteiger partial charge is 0.0555 e. The Labute approximate surface area is 88.1 Å². The van der Waals surface area contributed by atoms with E-state index in [0.717, 1.165) is 24.9 Å². The van der Waals surface area contributed by atoms with Gasteiger partial charge in [-0.05, 0) is 24.8 Å². The number of aliphatic hydroxyl groups is 1. The van der Waals surface area contributed by atoms with E-state index in [1.165, 1.54) is 38.5 Å². The van der Waals surface area contributed by atoms with E-state index >= 15 is 0 Å². The van der Waals surface area contributed by atoms with E-state index < -0.39 is 0 Å². The van der Waals surface area contributed by atoms with E-state index in [9.17, 15) is 0 Å². The molecule has 2 nitrogen and oxygen atoms in total. The van der Waals surface area contributed by atoms with Gasteiger partial charge in [0.1, 0.15) is 0 Å². The van der Waals surface area contributed by atoms with E-state index in [4.69, 9.17) is 5.11 Å². The molecule has 2 N–H and O–H groups in total. The van der Waals surface area contributed by atoms with Crippen LogP contribution in [0.2, 0.25) is 0 Å². The molecule has 1 aliphatic rings. The highest BCUT2D eigenvalue weighted by Gasteiger charge is 2.19. The standard InChI is InChI=1S/C12H25NO/c1-11(7-8-13-9-10-14)12-5-3-2-4-6-12/h11-14H,2-10H2,1H3. The van der Waals surface area contributed by atoms with Crippen LogP contribution in [0.1, 0.15) is 45.4 Å². The number of nitrogens with one attached hydrogen (secondary N) is 1. The third-order valence-electron chi connectivity index (χ3n) is 3.52. The third-order valence-corrected chi connectivity index (χ3v) is 3.52. The van der Waals surface area contributed by atoms with Crippen molar-refractivity contribution in [3.63, 3.8) is 0 Å². The fraction of sp³-hybridized carbons (Fsp3) is 1.00. The molecule has 1 saturated carbocycles. The van der Waals surface area contributed by atoms with Gasteiger partial charge >= 0.3 is 0 Å². The van der Waals surface area contributed by atoms with Crippen LogP contribution < -0.4 is 5.32 Å². The van der Waals surface area contributed by atoms with Crippen molar-refractivity contribution in [2.75, 3.05) is 19.7 Å². The first-order chi connectivity index (χ1) is 6.84. The van der Waals surface area contributed by atoms with Crippen molar-refractivity contribution in [2.24, 2.45) is 11.8 Å². The number of aliphatic hydroxyl groups excluding tert-OH is 1. The van der Waals surface area contributed by atoms with Crippen molar-refractivity contribution < 1.29 is 5.11 Å². The fourth-order valence-corrected chi connectivity index (χ4v) is 2.47. The minimum Gasteiger partial charge on any atom is -0.395 e. The summed E-state index contributed by atoms with van der Waals surface area (Å²) in [6.07, 6.45) is 8.50. The highest BCUT2D eigenvalue weighted by Crippen LogP contribution is 2.31. The predicted molar refractivity (Wildman–Crippen MR) is 60.3 cm³/mol. The average molecular weight is 199 g/mol. The molecule has 1 aliphatic carbocycles. The second-order valence-corrected chi connectivity index (χ2v) is 4.64. The van der Waals surface area contributed by atoms with Crippen molar-refractivity contribution in [3.05, 3.63) is 0 Å². The quantitative estimate of drug-likeness (QED) is 0.643. The van der Waals surface area contributed by atoms with Crippen LogP contribution in [0.4, 0.5) is 0 Å². The Morgan fingerprint density at radius 3 is 2.57 bits per heavy atom. The van der Waals surface area contributed by atoms with Crippen molar-refractivity contribution in [1.29, 1.82) is 0 Å². The maximum absolute atomic E-state index is 8.62. The molecular formula is C12H25NO. The Hall–Kier alpha value is -0.0800. The van der Waals surface area contributed by atoms with Gasteiger partial charge in [-0.3, -0.25) is 0 Å². The Morgan fingerprint density at radius 2 is 1.93 bits per heavy atom. The van der Waals surface area contributed by atoms with Crippen molar-refractivity contribution in [1.82, 2.24) is 5.32 Å². The van der Waals surface area contributed by atoms with Crippen LogP contribution in [-0.2, 0) is 0 Å². The lowest BCUT2D eigenvalue weighted by molar-refractivity contribution is 0.246. The Morgan fingerprint density at radius 1 is 1.21 bits per heavy atom. The zero-order chi connectivity index (χ0) is 10.2. The van der Waals surface area contributed by atoms with Crippen LogP contribution in [0.5, 0.6) is 0 Å². The highest BCUT2D eigenvalue weighted by molar-refractivity contribution is 4.71. The van der Waals surface area contributed by atoms with Crippen molar-refractivity contribution in [2.45, 2.75) is 45.4 Å². The van der Waals surface area contributed by atoms with Crippen LogP contribution in [0.25, 0.3) is 0 Å². The summed E-state index contributed by atoms with van der Waals surface area (Å²) in [6.45, 7) is 4.46. The monoisotopic (exact) mass is 199 g/mol. The molecule has 0 spiro atoms. The van der Waals surface area contributed by atoms with Gasteiger partial charge in [0, 0.05) is 6.54 Å². The molecule has 1 rings (SSSR count). The Balaban J connectivity index is 2.04. The van der Waals surface area contributed by atoms with E-state index in [1.54, 1.807) is 0 Å². The molecule has 1 atom stereocenters. The first-order valence-corrected chi connectivity index (χ1v) is 6.16. The largest absolute Gasteiger partial charge is 0.395 e. The highest BCUT2D eigenvalue weighted by atomic mass is 16.3. The molecule has 0 amide bonds. The lowest BCUT2D eigenvalue weighted by Crippen LogP contribution is -2.24. The van der Waals surface area contributed by atoms with Crippen LogP contribution >= 0.6 is 0 Å². The number of hydrogen-bond acceptors (Lipinski definition) is 2. The van der Waals surface area contributed by atoms with E-state index in [0.29, 0.717) is 0 Å². The van der Waals surface area contributed by atoms with Crippen LogP contribution in [0.3, 0.4) is 0 Å². The summed E-state index contributed by atoms with van der Waals surface area (Å²) in [4.78, 5) is 0. The first-order valence-electron chi connectivity index (χ1n) is 6.16. The number of hydrogen-bond donors (Lipinski definition) is 2. The summed E-state index contributed by atoms with van der Waals surface area (Å²) in [5, 5.41) is 11.9. The van der Waals surface area contributed by atoms with Gasteiger partial charge in [-0.25, -0.2) is 0 Å². The topological polar surface area (TPSA) is 32.3 Å². The molecule has 1 fully saturated rings. The third kappa shape index (κ3) is 4.43. The summed E-state index contributed by atoms with van der Waals surface area (Å²) in [5.41, 5.74) is 0. The average Bonchev–Trinajstić information content (AvgIpc) is 2.25. The Kier molecular flexibility index (Phi) is 6.20. The molecule has 0 aromatic heterocycles. The molecule has 0 radical (unpaired) electrons. The van der Waals surface area contributed by atoms with Gasteiger partial charge in [0.05, 0.1) is 6.61 Å². The van der Waals surface area contributed by atoms with Gasteiger partial charge in [-0.1, -0.05) is 39.0 Å². The molecule has 1 unspecified atom stereocenters. The van der Waals surface area contributed by atoms with Gasteiger partial charge in [0.2, 0.25) is 0 Å². The van der Waals surface area contributed by atoms with Gasteiger partial charge in [0.15, 0.2) is 0 Å². The fourth-order valence-electron chi connectivity index (χ4n) is 2.47. The lowest BCUT2D eigenvalue weighted by atomic mass is 9.79. The molecule has 84 valence electrons. The first kappa shape index (κ1) is 12.0. The molecule has 0 aromatic carbocycles. The van der Waals surface area contributed by atoms with Crippen molar-refractivity contribution >= 4 is 0 Å². The minimum absolute atomic E-state index is 0.262. The lowest BCUT2D eigenvalue weighted by Gasteiger charge is -2.27. The second-order valence-electron chi connectivity index (χ2n) is 4.64. The zero-order valence-corrected chi connectivity index (χ0v) is 9.47. The summed E-state index contributed by atoms with van der Waals surface area (Å²) in [5.74, 6) is 1.83. The molecule has 0 saturated heterocycles. The maximum atomic E-state index is 8.62.